The van der Waals surface area contributed by atoms with E-state index in [-0.39, 0.29) is 0 Å². The van der Waals surface area contributed by atoms with Gasteiger partial charge >= 0.3 is 7.25 Å². The topological polar surface area (TPSA) is 29.3 Å². The zero-order valence-electron chi connectivity index (χ0n) is 9.24. The number of halogens is 4. The van der Waals surface area contributed by atoms with Crippen molar-refractivity contribution in [3.05, 3.63) is 0 Å². The molecule has 0 atom stereocenters. The fourth-order valence-electron chi connectivity index (χ4n) is 0.204. The lowest BCUT2D eigenvalue weighted by Gasteiger charge is -1.94. The Morgan fingerprint density at radius 3 is 1.29 bits per heavy atom. The average Bonchev–Trinajstić information content (AvgIpc) is 1.83. The highest BCUT2D eigenvalue weighted by Crippen LogP contribution is 2.06. The molecule has 0 aliphatic carbocycles. The number of nitrogens with two attached hydrogens (primary N) is 1. The maximum absolute atomic E-state index is 9.75. The zero-order valence-corrected chi connectivity index (χ0v) is 9.24. The fourth-order valence-corrected chi connectivity index (χ4v) is 0.204. The van der Waals surface area contributed by atoms with Gasteiger partial charge in [0, 0.05) is 0 Å². The quantitative estimate of drug-likeness (QED) is 0.569. The Morgan fingerprint density at radius 1 is 1.07 bits per heavy atom. The molecule has 0 aromatic carbocycles. The zero-order chi connectivity index (χ0) is 12.2. The number of rotatable bonds is 2. The van der Waals surface area contributed by atoms with Crippen molar-refractivity contribution >= 4 is 7.25 Å². The highest BCUT2D eigenvalue weighted by molar-refractivity contribution is 6.50. The molecule has 0 amide bonds. The van der Waals surface area contributed by atoms with Crippen molar-refractivity contribution in [1.29, 1.82) is 0 Å². The van der Waals surface area contributed by atoms with Crippen LogP contribution in [0.1, 0.15) is 19.8 Å². The first-order chi connectivity index (χ1) is 6.15. The van der Waals surface area contributed by atoms with E-state index in [0.717, 1.165) is 6.54 Å². The number of hydrogen-bond acceptors (Lipinski definition) is 2. The molecule has 90 valence electrons. The summed E-state index contributed by atoms with van der Waals surface area (Å²) in [6, 6.07) is 0. The first kappa shape index (κ1) is 19.3. The fraction of sp³-hybridized carbons (Fsp3) is 1.00. The molecule has 0 aliphatic heterocycles. The minimum atomic E-state index is -6.00. The standard InChI is InChI=1S/C4H11N.C3H9N.BF4/c1-2-3-4-5;1-4(2)3;2-1(3,4)5/h2-5H2,1H3;1-3H3;/q;;-1. The summed E-state index contributed by atoms with van der Waals surface area (Å²) in [5.41, 5.74) is 5.14. The van der Waals surface area contributed by atoms with Crippen LogP contribution in [0.3, 0.4) is 0 Å². The van der Waals surface area contributed by atoms with Crippen LogP contribution in [0.5, 0.6) is 0 Å². The first-order valence-electron chi connectivity index (χ1n) is 4.33. The molecule has 7 heteroatoms. The second-order valence-corrected chi connectivity index (χ2v) is 2.98. The third kappa shape index (κ3) is 461. The van der Waals surface area contributed by atoms with Crippen LogP contribution in [-0.4, -0.2) is 39.8 Å². The van der Waals surface area contributed by atoms with Crippen LogP contribution in [-0.2, 0) is 0 Å². The van der Waals surface area contributed by atoms with Gasteiger partial charge in [0.1, 0.15) is 0 Å². The summed E-state index contributed by atoms with van der Waals surface area (Å²) in [4.78, 5) is 2.00. The van der Waals surface area contributed by atoms with E-state index >= 15 is 0 Å². The van der Waals surface area contributed by atoms with Crippen molar-refractivity contribution < 1.29 is 17.3 Å². The lowest BCUT2D eigenvalue weighted by atomic mass is 10.3. The molecular weight excluding hydrogens is 199 g/mol. The molecule has 0 aliphatic rings. The molecule has 0 rings (SSSR count). The van der Waals surface area contributed by atoms with E-state index in [1.165, 1.54) is 12.8 Å². The Morgan fingerprint density at radius 2 is 1.29 bits per heavy atom. The van der Waals surface area contributed by atoms with Crippen molar-refractivity contribution in [1.82, 2.24) is 4.90 Å². The minimum absolute atomic E-state index is 0.844. The van der Waals surface area contributed by atoms with Crippen molar-refractivity contribution in [2.24, 2.45) is 5.73 Å². The molecule has 0 aromatic heterocycles. The van der Waals surface area contributed by atoms with Gasteiger partial charge in [0.2, 0.25) is 0 Å². The van der Waals surface area contributed by atoms with Crippen molar-refractivity contribution in [3.8, 4) is 0 Å². The third-order valence-electron chi connectivity index (χ3n) is 0.558. The predicted molar refractivity (Wildman–Crippen MR) is 53.8 cm³/mol. The molecule has 0 unspecified atom stereocenters. The van der Waals surface area contributed by atoms with Gasteiger partial charge in [-0.3, -0.25) is 0 Å². The van der Waals surface area contributed by atoms with Crippen molar-refractivity contribution in [2.45, 2.75) is 19.8 Å². The number of hydrogen-bond donors (Lipinski definition) is 1. The number of unbranched alkanes of at least 4 members (excludes halogenated alkanes) is 1. The molecule has 0 saturated carbocycles. The monoisotopic (exact) mass is 219 g/mol. The van der Waals surface area contributed by atoms with Crippen LogP contribution in [0.2, 0.25) is 0 Å². The minimum Gasteiger partial charge on any atom is -0.418 e. The molecule has 0 radical (unpaired) electrons. The van der Waals surface area contributed by atoms with Gasteiger partial charge in [-0.25, -0.2) is 0 Å². The molecule has 14 heavy (non-hydrogen) atoms. The normalized spacial score (nSPS) is 9.86. The van der Waals surface area contributed by atoms with Crippen molar-refractivity contribution in [3.63, 3.8) is 0 Å². The summed E-state index contributed by atoms with van der Waals surface area (Å²) >= 11 is 0. The Labute approximate surface area is 83.6 Å². The van der Waals surface area contributed by atoms with Gasteiger partial charge in [0.25, 0.3) is 0 Å². The van der Waals surface area contributed by atoms with Gasteiger partial charge in [-0.2, -0.15) is 0 Å². The Kier molecular flexibility index (Phi) is 17.5. The highest BCUT2D eigenvalue weighted by atomic mass is 19.5. The molecule has 0 bridgehead atoms. The summed E-state index contributed by atoms with van der Waals surface area (Å²) in [5, 5.41) is 0. The van der Waals surface area contributed by atoms with E-state index in [2.05, 4.69) is 6.92 Å². The second kappa shape index (κ2) is 12.7. The predicted octanol–water partition coefficient (Wildman–Crippen LogP) is 2.22. The molecule has 0 aromatic rings. The SMILES string of the molecule is CCCCN.CN(C)C.F[B-](F)(F)F. The summed E-state index contributed by atoms with van der Waals surface area (Å²) < 4.78 is 39.0. The summed E-state index contributed by atoms with van der Waals surface area (Å²) in [6.45, 7) is 2.98. The van der Waals surface area contributed by atoms with E-state index in [4.69, 9.17) is 5.73 Å². The van der Waals surface area contributed by atoms with Crippen LogP contribution < -0.4 is 5.73 Å². The smallest absolute Gasteiger partial charge is 0.418 e. The largest absolute Gasteiger partial charge is 0.673 e. The van der Waals surface area contributed by atoms with Gasteiger partial charge in [-0.15, -0.1) is 0 Å². The van der Waals surface area contributed by atoms with Gasteiger partial charge in [0.15, 0.2) is 0 Å². The third-order valence-corrected chi connectivity index (χ3v) is 0.558. The van der Waals surface area contributed by atoms with E-state index in [0.29, 0.717) is 0 Å². The van der Waals surface area contributed by atoms with Gasteiger partial charge in [-0.1, -0.05) is 13.3 Å². The lowest BCUT2D eigenvalue weighted by Crippen LogP contribution is -2.02. The molecule has 0 saturated heterocycles. The summed E-state index contributed by atoms with van der Waals surface area (Å²) in [6.07, 6.45) is 2.39. The maximum Gasteiger partial charge on any atom is 0.673 e. The van der Waals surface area contributed by atoms with Crippen LogP contribution in [0.15, 0.2) is 0 Å². The van der Waals surface area contributed by atoms with Gasteiger partial charge in [-0.05, 0) is 34.1 Å². The molecule has 0 fully saturated rings. The van der Waals surface area contributed by atoms with Crippen molar-refractivity contribution in [2.75, 3.05) is 27.7 Å². The molecule has 2 nitrogen and oxygen atoms in total. The highest BCUT2D eigenvalue weighted by Gasteiger charge is 2.20. The Balaban J connectivity index is -0.000000131. The summed E-state index contributed by atoms with van der Waals surface area (Å²) in [7, 11) is 0. The maximum atomic E-state index is 9.75. The van der Waals surface area contributed by atoms with Gasteiger partial charge < -0.3 is 27.9 Å². The molecule has 0 heterocycles. The Bertz CT molecular complexity index is 87.4. The lowest BCUT2D eigenvalue weighted by molar-refractivity contribution is 0.368. The van der Waals surface area contributed by atoms with Crippen LogP contribution in [0.4, 0.5) is 17.3 Å². The molecular formula is C7H20BF4N2-. The van der Waals surface area contributed by atoms with Gasteiger partial charge in [0.05, 0.1) is 0 Å². The van der Waals surface area contributed by atoms with Crippen LogP contribution >= 0.6 is 0 Å². The van der Waals surface area contributed by atoms with Crippen LogP contribution in [0, 0.1) is 0 Å². The van der Waals surface area contributed by atoms with E-state index in [1.807, 2.05) is 26.0 Å². The van der Waals surface area contributed by atoms with E-state index in [1.54, 1.807) is 0 Å². The van der Waals surface area contributed by atoms with Crippen LogP contribution in [0.25, 0.3) is 0 Å². The van der Waals surface area contributed by atoms with E-state index in [9.17, 15) is 17.3 Å². The Hall–Kier alpha value is -0.295. The molecule has 2 N–H and O–H groups in total. The first-order valence-corrected chi connectivity index (χ1v) is 4.33. The summed E-state index contributed by atoms with van der Waals surface area (Å²) in [5.74, 6) is 0. The average molecular weight is 219 g/mol. The second-order valence-electron chi connectivity index (χ2n) is 2.98. The van der Waals surface area contributed by atoms with E-state index < -0.39 is 7.25 Å². The number of nitrogens with zero attached hydrogens (tertiary/aromatic N) is 1. The molecule has 0 spiro atoms.